The minimum Gasteiger partial charge on any atom is -0.493 e. The van der Waals surface area contributed by atoms with Gasteiger partial charge < -0.3 is 23.8 Å². The summed E-state index contributed by atoms with van der Waals surface area (Å²) in [5.41, 5.74) is 0.444. The van der Waals surface area contributed by atoms with Crippen molar-refractivity contribution in [2.75, 3.05) is 34.4 Å². The van der Waals surface area contributed by atoms with E-state index in [0.717, 1.165) is 18.6 Å². The number of amides is 1. The molecule has 0 saturated carbocycles. The molecular formula is C20H24N2O5. The zero-order valence-corrected chi connectivity index (χ0v) is 15.8. The lowest BCUT2D eigenvalue weighted by molar-refractivity contribution is 0.0534. The van der Waals surface area contributed by atoms with Gasteiger partial charge in [-0.05, 0) is 37.1 Å². The highest BCUT2D eigenvalue weighted by Gasteiger charge is 2.29. The highest BCUT2D eigenvalue weighted by Crippen LogP contribution is 2.40. The maximum absolute atomic E-state index is 13.1. The van der Waals surface area contributed by atoms with Crippen LogP contribution in [0, 0.1) is 0 Å². The Morgan fingerprint density at radius 3 is 2.44 bits per heavy atom. The first-order chi connectivity index (χ1) is 13.2. The molecule has 144 valence electrons. The lowest BCUT2D eigenvalue weighted by Gasteiger charge is -2.33. The molecule has 0 N–H and O–H groups in total. The van der Waals surface area contributed by atoms with E-state index in [1.54, 1.807) is 36.5 Å². The highest BCUT2D eigenvalue weighted by molar-refractivity contribution is 5.98. The second-order valence-electron chi connectivity index (χ2n) is 6.20. The number of carbonyl (C=O) groups excluding carboxylic acids is 1. The molecule has 3 rings (SSSR count). The summed E-state index contributed by atoms with van der Waals surface area (Å²) >= 11 is 0. The number of aromatic nitrogens is 1. The SMILES string of the molecule is COc1ccc(C(=O)N2CCCC(Oc3ccncc3)C2)c(OC)c1OC. The number of carbonyl (C=O) groups is 1. The number of hydrogen-bond donors (Lipinski definition) is 0. The van der Waals surface area contributed by atoms with Crippen LogP contribution in [0.2, 0.25) is 0 Å². The Labute approximate surface area is 158 Å². The third-order valence-corrected chi connectivity index (χ3v) is 4.55. The number of methoxy groups -OCH3 is 3. The first-order valence-corrected chi connectivity index (χ1v) is 8.82. The van der Waals surface area contributed by atoms with E-state index < -0.39 is 0 Å². The van der Waals surface area contributed by atoms with Crippen LogP contribution in [0.25, 0.3) is 0 Å². The summed E-state index contributed by atoms with van der Waals surface area (Å²) in [6, 6.07) is 7.05. The Bertz CT molecular complexity index is 781. The van der Waals surface area contributed by atoms with Crippen molar-refractivity contribution < 1.29 is 23.7 Å². The molecule has 2 heterocycles. The van der Waals surface area contributed by atoms with Crippen molar-refractivity contribution in [1.82, 2.24) is 9.88 Å². The molecule has 0 bridgehead atoms. The van der Waals surface area contributed by atoms with Gasteiger partial charge in [0.2, 0.25) is 5.75 Å². The van der Waals surface area contributed by atoms with Crippen LogP contribution in [0.1, 0.15) is 23.2 Å². The fourth-order valence-corrected chi connectivity index (χ4v) is 3.27. The van der Waals surface area contributed by atoms with Gasteiger partial charge in [-0.2, -0.15) is 0 Å². The molecule has 1 aromatic heterocycles. The lowest BCUT2D eigenvalue weighted by atomic mass is 10.1. The van der Waals surface area contributed by atoms with E-state index in [9.17, 15) is 4.79 Å². The smallest absolute Gasteiger partial charge is 0.257 e. The van der Waals surface area contributed by atoms with E-state index in [0.29, 0.717) is 35.9 Å². The molecule has 2 aromatic rings. The zero-order chi connectivity index (χ0) is 19.2. The first-order valence-electron chi connectivity index (χ1n) is 8.82. The molecule has 0 radical (unpaired) electrons. The van der Waals surface area contributed by atoms with E-state index in [2.05, 4.69) is 4.98 Å². The van der Waals surface area contributed by atoms with E-state index >= 15 is 0 Å². The van der Waals surface area contributed by atoms with Gasteiger partial charge in [-0.3, -0.25) is 9.78 Å². The number of piperidine rings is 1. The van der Waals surface area contributed by atoms with Crippen molar-refractivity contribution in [1.29, 1.82) is 0 Å². The Morgan fingerprint density at radius 1 is 1.04 bits per heavy atom. The van der Waals surface area contributed by atoms with Gasteiger partial charge in [0, 0.05) is 18.9 Å². The predicted molar refractivity (Wildman–Crippen MR) is 99.9 cm³/mol. The number of likely N-dealkylation sites (tertiary alicyclic amines) is 1. The number of nitrogens with zero attached hydrogens (tertiary/aromatic N) is 2. The standard InChI is InChI=1S/C20H24N2O5/c1-24-17-7-6-16(18(25-2)19(17)26-3)20(23)22-12-4-5-15(13-22)27-14-8-10-21-11-9-14/h6-11,15H,4-5,12-13H2,1-3H3. The fourth-order valence-electron chi connectivity index (χ4n) is 3.27. The minimum absolute atomic E-state index is 0.0590. The van der Waals surface area contributed by atoms with Crippen LogP contribution in [0.15, 0.2) is 36.7 Å². The van der Waals surface area contributed by atoms with Crippen LogP contribution >= 0.6 is 0 Å². The topological polar surface area (TPSA) is 70.1 Å². The number of ether oxygens (including phenoxy) is 4. The largest absolute Gasteiger partial charge is 0.493 e. The summed E-state index contributed by atoms with van der Waals surface area (Å²) in [6.07, 6.45) is 5.09. The Hall–Kier alpha value is -2.96. The van der Waals surface area contributed by atoms with Crippen molar-refractivity contribution in [3.8, 4) is 23.0 Å². The summed E-state index contributed by atoms with van der Waals surface area (Å²) in [5, 5.41) is 0. The summed E-state index contributed by atoms with van der Waals surface area (Å²) in [4.78, 5) is 18.9. The molecule has 1 unspecified atom stereocenters. The molecule has 0 spiro atoms. The molecule has 1 atom stereocenters. The Kier molecular flexibility index (Phi) is 6.01. The second kappa shape index (κ2) is 8.62. The molecule has 7 nitrogen and oxygen atoms in total. The van der Waals surface area contributed by atoms with Gasteiger partial charge in [-0.25, -0.2) is 0 Å². The van der Waals surface area contributed by atoms with Gasteiger partial charge in [0.15, 0.2) is 11.5 Å². The minimum atomic E-state index is -0.115. The lowest BCUT2D eigenvalue weighted by Crippen LogP contribution is -2.44. The van der Waals surface area contributed by atoms with Gasteiger partial charge in [-0.15, -0.1) is 0 Å². The Balaban J connectivity index is 1.79. The first kappa shape index (κ1) is 18.8. The summed E-state index contributed by atoms with van der Waals surface area (Å²) in [6.45, 7) is 1.19. The van der Waals surface area contributed by atoms with Crippen molar-refractivity contribution in [2.24, 2.45) is 0 Å². The summed E-state index contributed by atoms with van der Waals surface area (Å²) < 4.78 is 22.1. The van der Waals surface area contributed by atoms with E-state index in [1.165, 1.54) is 14.2 Å². The predicted octanol–water partition coefficient (Wildman–Crippen LogP) is 2.79. The van der Waals surface area contributed by atoms with E-state index in [1.807, 2.05) is 12.1 Å². The third kappa shape index (κ3) is 4.07. The van der Waals surface area contributed by atoms with E-state index in [-0.39, 0.29) is 12.0 Å². The molecule has 0 aliphatic carbocycles. The van der Waals surface area contributed by atoms with Gasteiger partial charge in [0.1, 0.15) is 11.9 Å². The third-order valence-electron chi connectivity index (χ3n) is 4.55. The van der Waals surface area contributed by atoms with Crippen molar-refractivity contribution in [2.45, 2.75) is 18.9 Å². The quantitative estimate of drug-likeness (QED) is 0.777. The molecule has 1 fully saturated rings. The number of pyridine rings is 1. The number of benzene rings is 1. The van der Waals surface area contributed by atoms with Gasteiger partial charge in [0.25, 0.3) is 5.91 Å². The average Bonchev–Trinajstić information content (AvgIpc) is 2.72. The van der Waals surface area contributed by atoms with Crippen LogP contribution in [-0.4, -0.2) is 56.3 Å². The van der Waals surface area contributed by atoms with Gasteiger partial charge in [-0.1, -0.05) is 0 Å². The molecule has 1 saturated heterocycles. The second-order valence-corrected chi connectivity index (χ2v) is 6.20. The normalized spacial score (nSPS) is 16.6. The molecule has 1 aromatic carbocycles. The van der Waals surface area contributed by atoms with Gasteiger partial charge in [0.05, 0.1) is 33.4 Å². The molecule has 27 heavy (non-hydrogen) atoms. The Morgan fingerprint density at radius 2 is 1.78 bits per heavy atom. The number of hydrogen-bond acceptors (Lipinski definition) is 6. The van der Waals surface area contributed by atoms with Gasteiger partial charge >= 0.3 is 0 Å². The monoisotopic (exact) mass is 372 g/mol. The molecular weight excluding hydrogens is 348 g/mol. The fraction of sp³-hybridized carbons (Fsp3) is 0.400. The molecule has 7 heteroatoms. The van der Waals surface area contributed by atoms with E-state index in [4.69, 9.17) is 18.9 Å². The molecule has 1 aliphatic heterocycles. The summed E-state index contributed by atoms with van der Waals surface area (Å²) in [5.74, 6) is 1.94. The molecule has 1 aliphatic rings. The van der Waals surface area contributed by atoms with Crippen molar-refractivity contribution >= 4 is 5.91 Å². The molecule has 1 amide bonds. The van der Waals surface area contributed by atoms with Crippen molar-refractivity contribution in [3.63, 3.8) is 0 Å². The van der Waals surface area contributed by atoms with Crippen LogP contribution in [-0.2, 0) is 0 Å². The average molecular weight is 372 g/mol. The maximum Gasteiger partial charge on any atom is 0.257 e. The highest BCUT2D eigenvalue weighted by atomic mass is 16.5. The van der Waals surface area contributed by atoms with Crippen LogP contribution < -0.4 is 18.9 Å². The van der Waals surface area contributed by atoms with Crippen molar-refractivity contribution in [3.05, 3.63) is 42.2 Å². The van der Waals surface area contributed by atoms with Crippen LogP contribution in [0.5, 0.6) is 23.0 Å². The maximum atomic E-state index is 13.1. The number of rotatable bonds is 6. The van der Waals surface area contributed by atoms with Crippen LogP contribution in [0.3, 0.4) is 0 Å². The van der Waals surface area contributed by atoms with Crippen LogP contribution in [0.4, 0.5) is 0 Å². The zero-order valence-electron chi connectivity index (χ0n) is 15.8. The summed E-state index contributed by atoms with van der Waals surface area (Å²) in [7, 11) is 4.58.